The summed E-state index contributed by atoms with van der Waals surface area (Å²) in [4.78, 5) is 24.4. The van der Waals surface area contributed by atoms with E-state index in [-0.39, 0.29) is 27.8 Å². The van der Waals surface area contributed by atoms with Crippen molar-refractivity contribution < 1.29 is 13.3 Å². The standard InChI is InChI=1S/C29H32ClN5O5S/c1-5-6-11-27-31-34(25-18-22(35(37)38)16-17-24(25)30)28(36)33(27)19-20-12-14-21(15-13-20)23-9-7-8-10-26(23)41(39,40)32-29(2,3)4/h7-10,12-18,32H,5-6,11,19H2,1-4H3. The highest BCUT2D eigenvalue weighted by molar-refractivity contribution is 7.89. The lowest BCUT2D eigenvalue weighted by atomic mass is 10.0. The Balaban J connectivity index is 1.70. The topological polar surface area (TPSA) is 129 Å². The molecule has 0 aliphatic rings. The van der Waals surface area contributed by atoms with Gasteiger partial charge in [-0.05, 0) is 50.5 Å². The Kier molecular flexibility index (Phi) is 8.81. The van der Waals surface area contributed by atoms with Crippen molar-refractivity contribution in [3.8, 4) is 16.8 Å². The molecule has 3 aromatic carbocycles. The van der Waals surface area contributed by atoms with Gasteiger partial charge in [-0.2, -0.15) is 4.68 Å². The van der Waals surface area contributed by atoms with Gasteiger partial charge in [-0.3, -0.25) is 14.7 Å². The van der Waals surface area contributed by atoms with Crippen molar-refractivity contribution in [2.75, 3.05) is 0 Å². The smallest absolute Gasteiger partial charge is 0.274 e. The molecule has 216 valence electrons. The van der Waals surface area contributed by atoms with Gasteiger partial charge in [0.1, 0.15) is 5.82 Å². The highest BCUT2D eigenvalue weighted by Gasteiger charge is 2.25. The quantitative estimate of drug-likeness (QED) is 0.184. The Bertz CT molecular complexity index is 1740. The van der Waals surface area contributed by atoms with E-state index in [0.29, 0.717) is 23.4 Å². The van der Waals surface area contributed by atoms with Gasteiger partial charge < -0.3 is 0 Å². The van der Waals surface area contributed by atoms with E-state index in [9.17, 15) is 23.3 Å². The number of hydrogen-bond donors (Lipinski definition) is 1. The highest BCUT2D eigenvalue weighted by atomic mass is 35.5. The van der Waals surface area contributed by atoms with Crippen LogP contribution in [0, 0.1) is 10.1 Å². The molecular formula is C29H32ClN5O5S. The molecule has 1 heterocycles. The van der Waals surface area contributed by atoms with Crippen molar-refractivity contribution in [3.63, 3.8) is 0 Å². The lowest BCUT2D eigenvalue weighted by Crippen LogP contribution is -2.40. The van der Waals surface area contributed by atoms with Crippen molar-refractivity contribution in [3.05, 3.63) is 104 Å². The summed E-state index contributed by atoms with van der Waals surface area (Å²) >= 11 is 6.31. The van der Waals surface area contributed by atoms with Gasteiger partial charge in [0.25, 0.3) is 5.69 Å². The number of nitrogens with one attached hydrogen (secondary N) is 1. The van der Waals surface area contributed by atoms with Crippen molar-refractivity contribution in [2.45, 2.75) is 63.9 Å². The van der Waals surface area contributed by atoms with Crippen LogP contribution in [0.4, 0.5) is 5.69 Å². The van der Waals surface area contributed by atoms with Gasteiger partial charge in [0.05, 0.1) is 27.1 Å². The van der Waals surface area contributed by atoms with Gasteiger partial charge in [0.15, 0.2) is 0 Å². The molecule has 1 N–H and O–H groups in total. The molecule has 10 nitrogen and oxygen atoms in total. The molecule has 0 radical (unpaired) electrons. The summed E-state index contributed by atoms with van der Waals surface area (Å²) in [6.07, 6.45) is 2.22. The summed E-state index contributed by atoms with van der Waals surface area (Å²) in [6, 6.07) is 18.0. The molecule has 4 aromatic rings. The number of non-ortho nitro benzene ring substituents is 1. The number of rotatable bonds is 10. The second kappa shape index (κ2) is 12.0. The predicted octanol–water partition coefficient (Wildman–Crippen LogP) is 5.73. The predicted molar refractivity (Wildman–Crippen MR) is 159 cm³/mol. The minimum absolute atomic E-state index is 0.138. The molecule has 0 saturated carbocycles. The van der Waals surface area contributed by atoms with Crippen molar-refractivity contribution in [1.82, 2.24) is 19.1 Å². The highest BCUT2D eigenvalue weighted by Crippen LogP contribution is 2.29. The summed E-state index contributed by atoms with van der Waals surface area (Å²) in [5.74, 6) is 0.535. The van der Waals surface area contributed by atoms with Gasteiger partial charge in [0.2, 0.25) is 10.0 Å². The van der Waals surface area contributed by atoms with Crippen LogP contribution in [0.25, 0.3) is 16.8 Å². The lowest BCUT2D eigenvalue weighted by molar-refractivity contribution is -0.384. The number of halogens is 1. The van der Waals surface area contributed by atoms with E-state index in [0.717, 1.165) is 23.1 Å². The number of nitro benzene ring substituents is 1. The van der Waals surface area contributed by atoms with E-state index in [1.54, 1.807) is 45.0 Å². The first-order valence-electron chi connectivity index (χ1n) is 13.2. The number of aromatic nitrogens is 3. The minimum Gasteiger partial charge on any atom is -0.274 e. The lowest BCUT2D eigenvalue weighted by Gasteiger charge is -2.21. The zero-order valence-corrected chi connectivity index (χ0v) is 24.9. The first kappa shape index (κ1) is 30.2. The molecule has 4 rings (SSSR count). The van der Waals surface area contributed by atoms with E-state index < -0.39 is 26.2 Å². The molecule has 0 bridgehead atoms. The number of aryl methyl sites for hydroxylation is 1. The summed E-state index contributed by atoms with van der Waals surface area (Å²) in [6.45, 7) is 7.59. The van der Waals surface area contributed by atoms with Gasteiger partial charge in [-0.25, -0.2) is 17.9 Å². The number of nitrogens with zero attached hydrogens (tertiary/aromatic N) is 4. The maximum absolute atomic E-state index is 13.5. The Morgan fingerprint density at radius 2 is 1.73 bits per heavy atom. The molecule has 41 heavy (non-hydrogen) atoms. The van der Waals surface area contributed by atoms with Crippen LogP contribution in [0.1, 0.15) is 51.9 Å². The molecule has 0 atom stereocenters. The van der Waals surface area contributed by atoms with Crippen LogP contribution in [-0.4, -0.2) is 33.2 Å². The fourth-order valence-electron chi connectivity index (χ4n) is 4.42. The fourth-order valence-corrected chi connectivity index (χ4v) is 6.27. The fraction of sp³-hybridized carbons (Fsp3) is 0.310. The number of hydrogen-bond acceptors (Lipinski definition) is 6. The van der Waals surface area contributed by atoms with Crippen LogP contribution >= 0.6 is 11.6 Å². The molecule has 0 amide bonds. The molecule has 0 unspecified atom stereocenters. The van der Waals surface area contributed by atoms with E-state index in [1.165, 1.54) is 22.8 Å². The average molecular weight is 598 g/mol. The third-order valence-electron chi connectivity index (χ3n) is 6.28. The summed E-state index contributed by atoms with van der Waals surface area (Å²) in [7, 11) is -3.77. The van der Waals surface area contributed by atoms with Crippen molar-refractivity contribution in [1.29, 1.82) is 0 Å². The summed E-state index contributed by atoms with van der Waals surface area (Å²) < 4.78 is 31.6. The summed E-state index contributed by atoms with van der Waals surface area (Å²) in [5.41, 5.74) is 0.901. The molecule has 0 fully saturated rings. The molecular weight excluding hydrogens is 566 g/mol. The number of unbranched alkanes of at least 4 members (excludes halogenated alkanes) is 1. The molecule has 12 heteroatoms. The average Bonchev–Trinajstić information content (AvgIpc) is 3.21. The van der Waals surface area contributed by atoms with Gasteiger partial charge in [-0.1, -0.05) is 67.4 Å². The first-order valence-corrected chi connectivity index (χ1v) is 15.0. The Morgan fingerprint density at radius 1 is 1.05 bits per heavy atom. The molecule has 0 spiro atoms. The van der Waals surface area contributed by atoms with Crippen molar-refractivity contribution in [2.24, 2.45) is 0 Å². The van der Waals surface area contributed by atoms with Crippen LogP contribution < -0.4 is 10.4 Å². The minimum atomic E-state index is -3.77. The van der Waals surface area contributed by atoms with E-state index in [2.05, 4.69) is 9.82 Å². The second-order valence-corrected chi connectivity index (χ2v) is 12.8. The second-order valence-electron chi connectivity index (χ2n) is 10.7. The monoisotopic (exact) mass is 597 g/mol. The van der Waals surface area contributed by atoms with Crippen molar-refractivity contribution >= 4 is 27.3 Å². The Morgan fingerprint density at radius 3 is 2.37 bits per heavy atom. The number of nitro groups is 1. The molecule has 0 aliphatic carbocycles. The van der Waals surface area contributed by atoms with E-state index >= 15 is 0 Å². The van der Waals surface area contributed by atoms with E-state index in [4.69, 9.17) is 11.6 Å². The Hall–Kier alpha value is -3.80. The molecule has 0 saturated heterocycles. The largest absolute Gasteiger partial charge is 0.351 e. The maximum atomic E-state index is 13.5. The molecule has 0 aliphatic heterocycles. The van der Waals surface area contributed by atoms with Gasteiger partial charge >= 0.3 is 5.69 Å². The first-order chi connectivity index (χ1) is 19.3. The SMILES string of the molecule is CCCCc1nn(-c2cc([N+](=O)[O-])ccc2Cl)c(=O)n1Cc1ccc(-c2ccccc2S(=O)(=O)NC(C)(C)C)cc1. The third kappa shape index (κ3) is 6.92. The van der Waals surface area contributed by atoms with Gasteiger partial charge in [-0.15, -0.1) is 5.10 Å². The van der Waals surface area contributed by atoms with Crippen LogP contribution in [0.3, 0.4) is 0 Å². The third-order valence-corrected chi connectivity index (χ3v) is 8.42. The zero-order chi connectivity index (χ0) is 29.9. The normalized spacial score (nSPS) is 12.0. The molecule has 1 aromatic heterocycles. The number of sulfonamides is 1. The summed E-state index contributed by atoms with van der Waals surface area (Å²) in [5, 5.41) is 16.0. The van der Waals surface area contributed by atoms with Crippen LogP contribution in [0.5, 0.6) is 0 Å². The van der Waals surface area contributed by atoms with Crippen LogP contribution in [0.2, 0.25) is 5.02 Å². The maximum Gasteiger partial charge on any atom is 0.351 e. The van der Waals surface area contributed by atoms with E-state index in [1.807, 2.05) is 31.2 Å². The zero-order valence-electron chi connectivity index (χ0n) is 23.3. The Labute approximate surface area is 243 Å². The number of benzene rings is 3. The van der Waals surface area contributed by atoms with Gasteiger partial charge in [0, 0.05) is 29.7 Å². The van der Waals surface area contributed by atoms with Crippen LogP contribution in [0.15, 0.2) is 76.4 Å². The van der Waals surface area contributed by atoms with Crippen LogP contribution in [-0.2, 0) is 23.0 Å².